The Kier molecular flexibility index (Phi) is 7.56. The largest absolute Gasteiger partial charge is 0.484 e. The van der Waals surface area contributed by atoms with Crippen LogP contribution in [0, 0.1) is 5.92 Å². The molecule has 2 aromatic rings. The van der Waals surface area contributed by atoms with Crippen molar-refractivity contribution < 1.29 is 19.1 Å². The number of hydrogen-bond donors (Lipinski definition) is 3. The van der Waals surface area contributed by atoms with Gasteiger partial charge in [0.05, 0.1) is 0 Å². The van der Waals surface area contributed by atoms with E-state index in [1.807, 2.05) is 32.0 Å². The topological polar surface area (TPSA) is 111 Å². The second-order valence-electron chi connectivity index (χ2n) is 6.46. The average molecular weight is 383 g/mol. The van der Waals surface area contributed by atoms with Crippen LogP contribution in [0.1, 0.15) is 36.2 Å². The summed E-state index contributed by atoms with van der Waals surface area (Å²) in [6.07, 6.45) is 0.768. The molecule has 7 nitrogen and oxygen atoms in total. The van der Waals surface area contributed by atoms with E-state index in [0.29, 0.717) is 23.5 Å². The van der Waals surface area contributed by atoms with E-state index in [0.717, 1.165) is 12.0 Å². The number of rotatable bonds is 9. The first-order valence-electron chi connectivity index (χ1n) is 9.08. The Morgan fingerprint density at radius 3 is 2.57 bits per heavy atom. The van der Waals surface area contributed by atoms with Gasteiger partial charge >= 0.3 is 0 Å². The quantitative estimate of drug-likeness (QED) is 0.618. The van der Waals surface area contributed by atoms with Gasteiger partial charge in [0.15, 0.2) is 6.61 Å². The van der Waals surface area contributed by atoms with Crippen LogP contribution in [-0.4, -0.2) is 24.3 Å². The molecule has 0 fully saturated rings. The molecule has 0 heterocycles. The van der Waals surface area contributed by atoms with Crippen molar-refractivity contribution in [3.05, 3.63) is 59.7 Å². The zero-order valence-electron chi connectivity index (χ0n) is 16.0. The van der Waals surface area contributed by atoms with Crippen LogP contribution in [0.5, 0.6) is 5.75 Å². The Bertz CT molecular complexity index is 851. The molecule has 0 aromatic heterocycles. The number of primary amides is 1. The highest BCUT2D eigenvalue weighted by atomic mass is 16.5. The van der Waals surface area contributed by atoms with Crippen LogP contribution in [0.2, 0.25) is 0 Å². The molecule has 7 heteroatoms. The number of hydrogen-bond acceptors (Lipinski definition) is 4. The van der Waals surface area contributed by atoms with E-state index >= 15 is 0 Å². The molecule has 1 atom stereocenters. The van der Waals surface area contributed by atoms with Crippen LogP contribution in [0.4, 0.5) is 5.69 Å². The average Bonchev–Trinajstić information content (AvgIpc) is 2.70. The van der Waals surface area contributed by atoms with E-state index in [2.05, 4.69) is 10.6 Å². The van der Waals surface area contributed by atoms with Gasteiger partial charge in [0.2, 0.25) is 11.8 Å². The number of nitrogens with two attached hydrogens (primary N) is 1. The molecule has 0 radical (unpaired) electrons. The van der Waals surface area contributed by atoms with Crippen LogP contribution in [0.25, 0.3) is 0 Å². The van der Waals surface area contributed by atoms with Crippen LogP contribution in [0.15, 0.2) is 48.5 Å². The predicted molar refractivity (Wildman–Crippen MR) is 107 cm³/mol. The third kappa shape index (κ3) is 6.42. The van der Waals surface area contributed by atoms with Crippen LogP contribution in [-0.2, 0) is 16.1 Å². The molecule has 1 unspecified atom stereocenters. The molecule has 0 spiro atoms. The van der Waals surface area contributed by atoms with Gasteiger partial charge in [-0.15, -0.1) is 0 Å². The van der Waals surface area contributed by atoms with E-state index < -0.39 is 5.91 Å². The highest BCUT2D eigenvalue weighted by Gasteiger charge is 2.11. The molecule has 0 aliphatic heterocycles. The van der Waals surface area contributed by atoms with Gasteiger partial charge in [0.1, 0.15) is 5.75 Å². The van der Waals surface area contributed by atoms with Crippen LogP contribution < -0.4 is 21.1 Å². The fourth-order valence-electron chi connectivity index (χ4n) is 2.35. The van der Waals surface area contributed by atoms with Gasteiger partial charge < -0.3 is 21.1 Å². The fourth-order valence-corrected chi connectivity index (χ4v) is 2.35. The number of anilines is 1. The van der Waals surface area contributed by atoms with Gasteiger partial charge in [-0.05, 0) is 42.3 Å². The molecule has 2 aromatic carbocycles. The SMILES string of the molecule is CCC(C)C(=O)Nc1cccc(CNC(=O)COc2cccc(C(N)=O)c2)c1. The van der Waals surface area contributed by atoms with E-state index in [9.17, 15) is 14.4 Å². The molecule has 2 rings (SSSR count). The van der Waals surface area contributed by atoms with Gasteiger partial charge in [-0.2, -0.15) is 0 Å². The summed E-state index contributed by atoms with van der Waals surface area (Å²) in [6.45, 7) is 3.95. The van der Waals surface area contributed by atoms with E-state index in [4.69, 9.17) is 10.5 Å². The third-order valence-corrected chi connectivity index (χ3v) is 4.23. The zero-order valence-corrected chi connectivity index (χ0v) is 16.0. The summed E-state index contributed by atoms with van der Waals surface area (Å²) in [7, 11) is 0. The number of nitrogens with one attached hydrogen (secondary N) is 2. The summed E-state index contributed by atoms with van der Waals surface area (Å²) in [5.74, 6) is -0.571. The van der Waals surface area contributed by atoms with Crippen molar-refractivity contribution in [1.82, 2.24) is 5.32 Å². The number of carbonyl (C=O) groups is 3. The normalized spacial score (nSPS) is 11.4. The summed E-state index contributed by atoms with van der Waals surface area (Å²) < 4.78 is 5.39. The van der Waals surface area contributed by atoms with Crippen molar-refractivity contribution in [3.63, 3.8) is 0 Å². The molecule has 4 N–H and O–H groups in total. The lowest BCUT2D eigenvalue weighted by Gasteiger charge is -2.12. The molecular formula is C21H25N3O4. The van der Waals surface area contributed by atoms with E-state index in [1.54, 1.807) is 24.3 Å². The Morgan fingerprint density at radius 2 is 1.86 bits per heavy atom. The van der Waals surface area contributed by atoms with Crippen molar-refractivity contribution in [2.45, 2.75) is 26.8 Å². The van der Waals surface area contributed by atoms with Crippen molar-refractivity contribution in [3.8, 4) is 5.75 Å². The van der Waals surface area contributed by atoms with Crippen molar-refractivity contribution in [2.75, 3.05) is 11.9 Å². The minimum atomic E-state index is -0.560. The predicted octanol–water partition coefficient (Wildman–Crippen LogP) is 2.47. The summed E-state index contributed by atoms with van der Waals surface area (Å²) in [6, 6.07) is 13.6. The maximum atomic E-state index is 12.0. The summed E-state index contributed by atoms with van der Waals surface area (Å²) in [5, 5.41) is 5.62. The molecular weight excluding hydrogens is 358 g/mol. The summed E-state index contributed by atoms with van der Waals surface area (Å²) in [5.41, 5.74) is 7.08. The molecule has 0 aliphatic carbocycles. The number of carbonyl (C=O) groups excluding carboxylic acids is 3. The van der Waals surface area contributed by atoms with Gasteiger partial charge in [0, 0.05) is 23.7 Å². The maximum absolute atomic E-state index is 12.0. The van der Waals surface area contributed by atoms with Crippen molar-refractivity contribution in [2.24, 2.45) is 11.7 Å². The first-order valence-corrected chi connectivity index (χ1v) is 9.08. The highest BCUT2D eigenvalue weighted by Crippen LogP contribution is 2.14. The summed E-state index contributed by atoms with van der Waals surface area (Å²) in [4.78, 5) is 35.1. The molecule has 28 heavy (non-hydrogen) atoms. The molecule has 0 saturated heterocycles. The van der Waals surface area contributed by atoms with Crippen LogP contribution >= 0.6 is 0 Å². The molecule has 0 bridgehead atoms. The standard InChI is InChI=1S/C21H25N3O4/c1-3-14(2)21(27)24-17-8-4-6-15(10-17)12-23-19(25)13-28-18-9-5-7-16(11-18)20(22)26/h4-11,14H,3,12-13H2,1-2H3,(H2,22,26)(H,23,25)(H,24,27). The highest BCUT2D eigenvalue weighted by molar-refractivity contribution is 5.93. The number of amides is 3. The third-order valence-electron chi connectivity index (χ3n) is 4.23. The second-order valence-corrected chi connectivity index (χ2v) is 6.46. The van der Waals surface area contributed by atoms with Crippen molar-refractivity contribution in [1.29, 1.82) is 0 Å². The lowest BCUT2D eigenvalue weighted by molar-refractivity contribution is -0.123. The van der Waals surface area contributed by atoms with Crippen molar-refractivity contribution >= 4 is 23.4 Å². The minimum absolute atomic E-state index is 0.0322. The van der Waals surface area contributed by atoms with Gasteiger partial charge in [-0.25, -0.2) is 0 Å². The fraction of sp³-hybridized carbons (Fsp3) is 0.286. The lowest BCUT2D eigenvalue weighted by atomic mass is 10.1. The maximum Gasteiger partial charge on any atom is 0.258 e. The Hall–Kier alpha value is -3.35. The van der Waals surface area contributed by atoms with Gasteiger partial charge in [0.25, 0.3) is 5.91 Å². The molecule has 0 aliphatic rings. The van der Waals surface area contributed by atoms with E-state index in [-0.39, 0.29) is 24.3 Å². The number of benzene rings is 2. The van der Waals surface area contributed by atoms with Gasteiger partial charge in [-0.3, -0.25) is 14.4 Å². The Morgan fingerprint density at radius 1 is 1.11 bits per heavy atom. The van der Waals surface area contributed by atoms with Gasteiger partial charge in [-0.1, -0.05) is 32.0 Å². The van der Waals surface area contributed by atoms with E-state index in [1.165, 1.54) is 6.07 Å². The first-order chi connectivity index (χ1) is 13.4. The first kappa shape index (κ1) is 21.0. The van der Waals surface area contributed by atoms with Crippen LogP contribution in [0.3, 0.4) is 0 Å². The Balaban J connectivity index is 1.84. The Labute approximate surface area is 164 Å². The second kappa shape index (κ2) is 10.1. The lowest BCUT2D eigenvalue weighted by Crippen LogP contribution is -2.28. The minimum Gasteiger partial charge on any atom is -0.484 e. The number of ether oxygens (including phenoxy) is 1. The molecule has 148 valence electrons. The summed E-state index contributed by atoms with van der Waals surface area (Å²) >= 11 is 0. The zero-order chi connectivity index (χ0) is 20.5. The monoisotopic (exact) mass is 383 g/mol. The molecule has 0 saturated carbocycles. The molecule has 3 amide bonds. The smallest absolute Gasteiger partial charge is 0.258 e.